The number of nitrogens with one attached hydrogen (secondary N) is 1. The number of aliphatic carboxylic acids is 1. The summed E-state index contributed by atoms with van der Waals surface area (Å²) in [5, 5.41) is 13.8. The van der Waals surface area contributed by atoms with Crippen molar-refractivity contribution < 1.29 is 14.7 Å². The van der Waals surface area contributed by atoms with Gasteiger partial charge in [0, 0.05) is 36.3 Å². The topological polar surface area (TPSA) is 69.6 Å². The van der Waals surface area contributed by atoms with Crippen molar-refractivity contribution in [3.8, 4) is 0 Å². The van der Waals surface area contributed by atoms with E-state index in [1.807, 2.05) is 11.4 Å². The quantitative estimate of drug-likeness (QED) is 0.878. The second-order valence-electron chi connectivity index (χ2n) is 6.22. The van der Waals surface area contributed by atoms with Crippen molar-refractivity contribution in [3.05, 3.63) is 22.4 Å². The van der Waals surface area contributed by atoms with E-state index in [4.69, 9.17) is 5.11 Å². The van der Waals surface area contributed by atoms with E-state index in [1.54, 1.807) is 16.2 Å². The van der Waals surface area contributed by atoms with Gasteiger partial charge in [-0.3, -0.25) is 4.79 Å². The maximum atomic E-state index is 12.2. The Balaban J connectivity index is 1.81. The van der Waals surface area contributed by atoms with Crippen LogP contribution in [0.25, 0.3) is 0 Å². The molecule has 0 saturated carbocycles. The number of carbonyl (C=O) groups is 2. The number of hydrogen-bond donors (Lipinski definition) is 2. The van der Waals surface area contributed by atoms with Gasteiger partial charge in [-0.25, -0.2) is 4.79 Å². The van der Waals surface area contributed by atoms with Crippen molar-refractivity contribution in [2.75, 3.05) is 19.6 Å². The Hall–Kier alpha value is -1.56. The number of urea groups is 1. The fraction of sp³-hybridized carbons (Fsp3) is 0.600. The number of carbonyl (C=O) groups excluding carboxylic acids is 1. The molecule has 0 aromatic carbocycles. The van der Waals surface area contributed by atoms with Gasteiger partial charge in [0.15, 0.2) is 0 Å². The number of rotatable bonds is 5. The van der Waals surface area contributed by atoms with E-state index in [0.717, 1.165) is 6.42 Å². The molecule has 0 aliphatic carbocycles. The normalized spacial score (nSPS) is 18.8. The lowest BCUT2D eigenvalue weighted by molar-refractivity contribution is -0.138. The SMILES string of the molecule is CC(C)(CNC(=O)N1CCC(CC(=O)O)C1)c1cccs1. The van der Waals surface area contributed by atoms with E-state index in [9.17, 15) is 9.59 Å². The third kappa shape index (κ3) is 4.20. The summed E-state index contributed by atoms with van der Waals surface area (Å²) in [6.07, 6.45) is 0.915. The first-order valence-electron chi connectivity index (χ1n) is 7.17. The second-order valence-corrected chi connectivity index (χ2v) is 7.17. The van der Waals surface area contributed by atoms with Gasteiger partial charge in [-0.05, 0) is 23.8 Å². The van der Waals surface area contributed by atoms with Gasteiger partial charge in [0.05, 0.1) is 0 Å². The summed E-state index contributed by atoms with van der Waals surface area (Å²) in [6, 6.07) is 4.00. The molecule has 2 heterocycles. The zero-order valence-corrected chi connectivity index (χ0v) is 13.3. The Morgan fingerprint density at radius 1 is 1.52 bits per heavy atom. The molecule has 1 aromatic heterocycles. The Kier molecular flexibility index (Phi) is 4.88. The van der Waals surface area contributed by atoms with Crippen LogP contribution in [0.2, 0.25) is 0 Å². The van der Waals surface area contributed by atoms with Crippen LogP contribution < -0.4 is 5.32 Å². The number of hydrogen-bond acceptors (Lipinski definition) is 3. The van der Waals surface area contributed by atoms with Crippen molar-refractivity contribution in [3.63, 3.8) is 0 Å². The number of amides is 2. The third-order valence-electron chi connectivity index (χ3n) is 3.91. The Labute approximate surface area is 129 Å². The van der Waals surface area contributed by atoms with Crippen LogP contribution >= 0.6 is 11.3 Å². The fourth-order valence-electron chi connectivity index (χ4n) is 2.59. The summed E-state index contributed by atoms with van der Waals surface area (Å²) in [6.45, 7) is 5.97. The molecule has 21 heavy (non-hydrogen) atoms. The monoisotopic (exact) mass is 310 g/mol. The Morgan fingerprint density at radius 3 is 2.90 bits per heavy atom. The van der Waals surface area contributed by atoms with Crippen molar-refractivity contribution in [2.24, 2.45) is 5.92 Å². The van der Waals surface area contributed by atoms with Gasteiger partial charge in [0.25, 0.3) is 0 Å². The lowest BCUT2D eigenvalue weighted by Crippen LogP contribution is -2.43. The van der Waals surface area contributed by atoms with E-state index in [2.05, 4.69) is 25.2 Å². The van der Waals surface area contributed by atoms with E-state index in [-0.39, 0.29) is 23.8 Å². The fourth-order valence-corrected chi connectivity index (χ4v) is 3.44. The minimum Gasteiger partial charge on any atom is -0.481 e. The highest BCUT2D eigenvalue weighted by Gasteiger charge is 2.29. The van der Waals surface area contributed by atoms with Crippen LogP contribution in [0.5, 0.6) is 0 Å². The van der Waals surface area contributed by atoms with E-state index < -0.39 is 5.97 Å². The minimum atomic E-state index is -0.791. The average molecular weight is 310 g/mol. The smallest absolute Gasteiger partial charge is 0.317 e. The highest BCUT2D eigenvalue weighted by atomic mass is 32.1. The van der Waals surface area contributed by atoms with Crippen LogP contribution in [0.1, 0.15) is 31.6 Å². The summed E-state index contributed by atoms with van der Waals surface area (Å²) in [5.41, 5.74) is -0.0932. The number of nitrogens with zero attached hydrogens (tertiary/aromatic N) is 1. The number of carboxylic acid groups (broad SMARTS) is 1. The Bertz CT molecular complexity index is 499. The van der Waals surface area contributed by atoms with Gasteiger partial charge < -0.3 is 15.3 Å². The molecule has 1 unspecified atom stereocenters. The number of thiophene rings is 1. The first-order chi connectivity index (χ1) is 9.88. The van der Waals surface area contributed by atoms with E-state index in [1.165, 1.54) is 4.88 Å². The zero-order chi connectivity index (χ0) is 15.5. The minimum absolute atomic E-state index is 0.0820. The molecule has 0 spiro atoms. The molecular formula is C15H22N2O3S. The maximum absolute atomic E-state index is 12.2. The molecule has 2 amide bonds. The highest BCUT2D eigenvalue weighted by Crippen LogP contribution is 2.27. The highest BCUT2D eigenvalue weighted by molar-refractivity contribution is 7.10. The molecule has 1 aliphatic heterocycles. The molecule has 2 rings (SSSR count). The molecule has 1 saturated heterocycles. The van der Waals surface area contributed by atoms with E-state index in [0.29, 0.717) is 19.6 Å². The van der Waals surface area contributed by atoms with Gasteiger partial charge in [-0.1, -0.05) is 19.9 Å². The maximum Gasteiger partial charge on any atom is 0.317 e. The standard InChI is InChI=1S/C15H22N2O3S/c1-15(2,12-4-3-7-21-12)10-16-14(20)17-6-5-11(9-17)8-13(18)19/h3-4,7,11H,5-6,8-10H2,1-2H3,(H,16,20)(H,18,19). The molecule has 116 valence electrons. The van der Waals surface area contributed by atoms with Gasteiger partial charge >= 0.3 is 12.0 Å². The van der Waals surface area contributed by atoms with Crippen molar-refractivity contribution in [2.45, 2.75) is 32.1 Å². The predicted octanol–water partition coefficient (Wildman–Crippen LogP) is 2.53. The largest absolute Gasteiger partial charge is 0.481 e. The third-order valence-corrected chi connectivity index (χ3v) is 5.14. The number of carboxylic acids is 1. The van der Waals surface area contributed by atoms with Crippen LogP contribution in [0.4, 0.5) is 4.79 Å². The van der Waals surface area contributed by atoms with Gasteiger partial charge in [0.1, 0.15) is 0 Å². The molecule has 6 heteroatoms. The summed E-state index contributed by atoms with van der Waals surface area (Å²) in [4.78, 5) is 25.8. The molecule has 0 bridgehead atoms. The molecule has 2 N–H and O–H groups in total. The lowest BCUT2D eigenvalue weighted by atomic mass is 9.91. The Morgan fingerprint density at radius 2 is 2.29 bits per heavy atom. The van der Waals surface area contributed by atoms with Crippen LogP contribution in [0.15, 0.2) is 17.5 Å². The molecule has 1 atom stereocenters. The van der Waals surface area contributed by atoms with Crippen LogP contribution in [-0.2, 0) is 10.2 Å². The van der Waals surface area contributed by atoms with Crippen LogP contribution in [-0.4, -0.2) is 41.6 Å². The van der Waals surface area contributed by atoms with Crippen molar-refractivity contribution >= 4 is 23.3 Å². The van der Waals surface area contributed by atoms with Crippen molar-refractivity contribution in [1.29, 1.82) is 0 Å². The molecule has 1 aliphatic rings. The summed E-state index contributed by atoms with van der Waals surface area (Å²) < 4.78 is 0. The first kappa shape index (κ1) is 15.8. The van der Waals surface area contributed by atoms with Gasteiger partial charge in [-0.2, -0.15) is 0 Å². The van der Waals surface area contributed by atoms with Crippen LogP contribution in [0.3, 0.4) is 0 Å². The average Bonchev–Trinajstić information content (AvgIpc) is 3.06. The van der Waals surface area contributed by atoms with Gasteiger partial charge in [0.2, 0.25) is 0 Å². The predicted molar refractivity (Wildman–Crippen MR) is 82.7 cm³/mol. The summed E-state index contributed by atoms with van der Waals surface area (Å²) >= 11 is 1.69. The summed E-state index contributed by atoms with van der Waals surface area (Å²) in [5.74, 6) is -0.709. The summed E-state index contributed by atoms with van der Waals surface area (Å²) in [7, 11) is 0. The van der Waals surface area contributed by atoms with Crippen LogP contribution in [0, 0.1) is 5.92 Å². The van der Waals surface area contributed by atoms with Gasteiger partial charge in [-0.15, -0.1) is 11.3 Å². The molecule has 1 aromatic rings. The number of likely N-dealkylation sites (tertiary alicyclic amines) is 1. The molecule has 0 radical (unpaired) electrons. The van der Waals surface area contributed by atoms with E-state index >= 15 is 0 Å². The first-order valence-corrected chi connectivity index (χ1v) is 8.05. The molecular weight excluding hydrogens is 288 g/mol. The second kappa shape index (κ2) is 6.47. The molecule has 5 nitrogen and oxygen atoms in total. The molecule has 1 fully saturated rings. The van der Waals surface area contributed by atoms with Crippen molar-refractivity contribution in [1.82, 2.24) is 10.2 Å². The zero-order valence-electron chi connectivity index (χ0n) is 12.5. The lowest BCUT2D eigenvalue weighted by Gasteiger charge is -2.25.